The summed E-state index contributed by atoms with van der Waals surface area (Å²) in [6.07, 6.45) is 5.38. The van der Waals surface area contributed by atoms with Gasteiger partial charge in [-0.3, -0.25) is 14.2 Å². The standard InChI is InChI=1S/C26H24N2O3S2/c1-31-19-14-12-18(13-15-19)28-25(30)23-20-10-6-3-7-11-22(20)33-24(23)27-26(28)32-16-21(29)17-8-4-2-5-9-17/h2,4-5,8-9,12-15H,3,6-7,10-11,16H2,1H3. The summed E-state index contributed by atoms with van der Waals surface area (Å²) < 4.78 is 6.94. The van der Waals surface area contributed by atoms with Gasteiger partial charge in [0, 0.05) is 10.4 Å². The second-order valence-corrected chi connectivity index (χ2v) is 10.1. The monoisotopic (exact) mass is 476 g/mol. The summed E-state index contributed by atoms with van der Waals surface area (Å²) in [5.74, 6) is 0.945. The molecule has 7 heteroatoms. The Hall–Kier alpha value is -2.90. The second kappa shape index (κ2) is 9.53. The van der Waals surface area contributed by atoms with E-state index < -0.39 is 0 Å². The first kappa shape index (κ1) is 21.9. The molecule has 2 aromatic heterocycles. The highest BCUT2D eigenvalue weighted by Gasteiger charge is 2.23. The first-order valence-corrected chi connectivity index (χ1v) is 12.9. The van der Waals surface area contributed by atoms with E-state index in [1.807, 2.05) is 54.6 Å². The lowest BCUT2D eigenvalue weighted by molar-refractivity contribution is 0.102. The number of ether oxygens (including phenoxy) is 1. The summed E-state index contributed by atoms with van der Waals surface area (Å²) in [5, 5.41) is 1.28. The molecule has 1 aliphatic carbocycles. The van der Waals surface area contributed by atoms with Crippen molar-refractivity contribution in [1.29, 1.82) is 0 Å². The number of thiophene rings is 1. The van der Waals surface area contributed by atoms with Crippen LogP contribution in [-0.2, 0) is 12.8 Å². The zero-order valence-corrected chi connectivity index (χ0v) is 20.0. The fourth-order valence-electron chi connectivity index (χ4n) is 4.26. The normalized spacial score (nSPS) is 13.5. The molecule has 0 radical (unpaired) electrons. The number of thioether (sulfide) groups is 1. The number of nitrogens with zero attached hydrogens (tertiary/aromatic N) is 2. The molecule has 0 fully saturated rings. The molecule has 0 atom stereocenters. The molecule has 0 saturated heterocycles. The van der Waals surface area contributed by atoms with E-state index in [1.165, 1.54) is 28.6 Å². The summed E-state index contributed by atoms with van der Waals surface area (Å²) in [4.78, 5) is 33.6. The highest BCUT2D eigenvalue weighted by atomic mass is 32.2. The minimum absolute atomic E-state index is 0.0122. The molecule has 4 aromatic rings. The number of rotatable bonds is 6. The zero-order chi connectivity index (χ0) is 22.8. The van der Waals surface area contributed by atoms with Crippen LogP contribution in [0, 0.1) is 0 Å². The van der Waals surface area contributed by atoms with E-state index in [9.17, 15) is 9.59 Å². The number of methoxy groups -OCH3 is 1. The lowest BCUT2D eigenvalue weighted by Gasteiger charge is -2.13. The molecule has 5 rings (SSSR count). The third-order valence-electron chi connectivity index (χ3n) is 5.97. The van der Waals surface area contributed by atoms with Gasteiger partial charge in [0.2, 0.25) is 0 Å². The highest BCUT2D eigenvalue weighted by molar-refractivity contribution is 7.99. The zero-order valence-electron chi connectivity index (χ0n) is 18.4. The van der Waals surface area contributed by atoms with Crippen molar-refractivity contribution in [2.45, 2.75) is 37.3 Å². The Kier molecular flexibility index (Phi) is 6.33. The molecule has 0 aliphatic heterocycles. The number of hydrogen-bond acceptors (Lipinski definition) is 6. The number of Topliss-reactive ketones (excluding diaryl/α,β-unsaturated/α-hetero) is 1. The molecule has 1 aliphatic rings. The third-order valence-corrected chi connectivity index (χ3v) is 8.09. The fraction of sp³-hybridized carbons (Fsp3) is 0.269. The summed E-state index contributed by atoms with van der Waals surface area (Å²) in [7, 11) is 1.62. The first-order chi connectivity index (χ1) is 16.2. The number of aryl methyl sites for hydroxylation is 2. The van der Waals surface area contributed by atoms with Gasteiger partial charge in [-0.2, -0.15) is 0 Å². The van der Waals surface area contributed by atoms with Crippen molar-refractivity contribution < 1.29 is 9.53 Å². The van der Waals surface area contributed by atoms with Crippen LogP contribution >= 0.6 is 23.1 Å². The van der Waals surface area contributed by atoms with Crippen LogP contribution in [0.1, 0.15) is 40.1 Å². The predicted molar refractivity (Wildman–Crippen MR) is 135 cm³/mol. The molecule has 5 nitrogen and oxygen atoms in total. The van der Waals surface area contributed by atoms with Crippen molar-refractivity contribution in [2.75, 3.05) is 12.9 Å². The van der Waals surface area contributed by atoms with Gasteiger partial charge < -0.3 is 4.74 Å². The van der Waals surface area contributed by atoms with Crippen LogP contribution in [0.25, 0.3) is 15.9 Å². The molecule has 168 valence electrons. The summed E-state index contributed by atoms with van der Waals surface area (Å²) in [6, 6.07) is 16.6. The Morgan fingerprint density at radius 2 is 1.82 bits per heavy atom. The maximum atomic E-state index is 13.9. The maximum absolute atomic E-state index is 13.9. The number of ketones is 1. The maximum Gasteiger partial charge on any atom is 0.267 e. The average Bonchev–Trinajstić information content (AvgIpc) is 3.04. The molecule has 0 amide bonds. The Balaban J connectivity index is 1.61. The number of benzene rings is 2. The number of hydrogen-bond donors (Lipinski definition) is 0. The molecule has 0 bridgehead atoms. The van der Waals surface area contributed by atoms with Crippen LogP contribution in [0.4, 0.5) is 0 Å². The number of carbonyl (C=O) groups is 1. The van der Waals surface area contributed by atoms with Gasteiger partial charge in [-0.05, 0) is 55.5 Å². The van der Waals surface area contributed by atoms with E-state index in [1.54, 1.807) is 23.0 Å². The number of carbonyl (C=O) groups excluding carboxylic acids is 1. The van der Waals surface area contributed by atoms with Gasteiger partial charge in [0.1, 0.15) is 10.6 Å². The van der Waals surface area contributed by atoms with Crippen molar-refractivity contribution in [1.82, 2.24) is 9.55 Å². The quantitative estimate of drug-likeness (QED) is 0.155. The smallest absolute Gasteiger partial charge is 0.267 e. The van der Waals surface area contributed by atoms with Gasteiger partial charge in [0.25, 0.3) is 5.56 Å². The van der Waals surface area contributed by atoms with Crippen LogP contribution in [0.2, 0.25) is 0 Å². The van der Waals surface area contributed by atoms with Crippen molar-refractivity contribution in [2.24, 2.45) is 0 Å². The Labute approximate surface area is 200 Å². The Morgan fingerprint density at radius 1 is 1.06 bits per heavy atom. The molecule has 0 N–H and O–H groups in total. The molecular formula is C26H24N2O3S2. The van der Waals surface area contributed by atoms with Gasteiger partial charge >= 0.3 is 0 Å². The fourth-order valence-corrected chi connectivity index (χ4v) is 6.47. The molecule has 2 aromatic carbocycles. The van der Waals surface area contributed by atoms with Crippen LogP contribution in [0.3, 0.4) is 0 Å². The molecule has 0 saturated carbocycles. The third kappa shape index (κ3) is 4.35. The number of aromatic nitrogens is 2. The van der Waals surface area contributed by atoms with E-state index in [4.69, 9.17) is 9.72 Å². The first-order valence-electron chi connectivity index (χ1n) is 11.1. The van der Waals surface area contributed by atoms with Gasteiger partial charge in [0.15, 0.2) is 10.9 Å². The average molecular weight is 477 g/mol. The van der Waals surface area contributed by atoms with Crippen molar-refractivity contribution in [3.63, 3.8) is 0 Å². The van der Waals surface area contributed by atoms with Crippen LogP contribution in [0.15, 0.2) is 64.5 Å². The molecule has 0 unspecified atom stereocenters. The largest absolute Gasteiger partial charge is 0.497 e. The van der Waals surface area contributed by atoms with E-state index in [-0.39, 0.29) is 17.1 Å². The van der Waals surface area contributed by atoms with Crippen molar-refractivity contribution in [3.8, 4) is 11.4 Å². The lowest BCUT2D eigenvalue weighted by Crippen LogP contribution is -2.22. The van der Waals surface area contributed by atoms with Crippen LogP contribution < -0.4 is 10.3 Å². The molecular weight excluding hydrogens is 452 g/mol. The van der Waals surface area contributed by atoms with E-state index in [2.05, 4.69) is 0 Å². The van der Waals surface area contributed by atoms with E-state index in [0.717, 1.165) is 47.3 Å². The minimum Gasteiger partial charge on any atom is -0.497 e. The van der Waals surface area contributed by atoms with E-state index in [0.29, 0.717) is 10.7 Å². The molecule has 2 heterocycles. The van der Waals surface area contributed by atoms with Gasteiger partial charge in [-0.25, -0.2) is 4.98 Å². The Bertz CT molecular complexity index is 1360. The van der Waals surface area contributed by atoms with Crippen molar-refractivity contribution >= 4 is 39.1 Å². The van der Waals surface area contributed by atoms with Gasteiger partial charge in [-0.1, -0.05) is 48.5 Å². The predicted octanol–water partition coefficient (Wildman–Crippen LogP) is 5.70. The molecule has 33 heavy (non-hydrogen) atoms. The topological polar surface area (TPSA) is 61.2 Å². The highest BCUT2D eigenvalue weighted by Crippen LogP contribution is 2.35. The van der Waals surface area contributed by atoms with E-state index >= 15 is 0 Å². The Morgan fingerprint density at radius 3 is 2.58 bits per heavy atom. The van der Waals surface area contributed by atoms with Gasteiger partial charge in [-0.15, -0.1) is 11.3 Å². The summed E-state index contributed by atoms with van der Waals surface area (Å²) in [6.45, 7) is 0. The van der Waals surface area contributed by atoms with Crippen molar-refractivity contribution in [3.05, 3.63) is 81.0 Å². The summed E-state index contributed by atoms with van der Waals surface area (Å²) in [5.41, 5.74) is 2.49. The van der Waals surface area contributed by atoms with Crippen LogP contribution in [-0.4, -0.2) is 28.2 Å². The summed E-state index contributed by atoms with van der Waals surface area (Å²) >= 11 is 2.95. The van der Waals surface area contributed by atoms with Crippen LogP contribution in [0.5, 0.6) is 5.75 Å². The number of fused-ring (bicyclic) bond motifs is 3. The van der Waals surface area contributed by atoms with Gasteiger partial charge in [0.05, 0.1) is 23.9 Å². The SMILES string of the molecule is COc1ccc(-n2c(SCC(=O)c3ccccc3)nc3sc4c(c3c2=O)CCCCC4)cc1. The molecule has 0 spiro atoms. The minimum atomic E-state index is -0.0563. The lowest BCUT2D eigenvalue weighted by atomic mass is 10.1. The second-order valence-electron chi connectivity index (χ2n) is 8.06.